The molecule has 1 unspecified atom stereocenters. The van der Waals surface area contributed by atoms with Crippen molar-refractivity contribution in [2.75, 3.05) is 11.4 Å². The van der Waals surface area contributed by atoms with E-state index in [1.807, 2.05) is 31.2 Å². The smallest absolute Gasteiger partial charge is 0.271 e. The number of nitrogens with two attached hydrogens (primary N) is 1. The van der Waals surface area contributed by atoms with Crippen LogP contribution in [0.2, 0.25) is 0 Å². The number of rotatable bonds is 5. The molecule has 3 N–H and O–H groups in total. The molecular formula is C17H21ClN4O2S. The molecule has 1 fully saturated rings. The molecule has 1 saturated heterocycles. The first-order chi connectivity index (χ1) is 11.6. The Hall–Kier alpha value is -1.96. The van der Waals surface area contributed by atoms with Crippen molar-refractivity contribution in [3.05, 3.63) is 45.9 Å². The Labute approximate surface area is 156 Å². The minimum absolute atomic E-state index is 0. The third-order valence-electron chi connectivity index (χ3n) is 4.08. The number of nitrogens with one attached hydrogen (secondary N) is 1. The Balaban J connectivity index is 0.00000225. The maximum Gasteiger partial charge on any atom is 0.271 e. The number of anilines is 1. The molecule has 8 heteroatoms. The summed E-state index contributed by atoms with van der Waals surface area (Å²) in [7, 11) is 0. The highest BCUT2D eigenvalue weighted by atomic mass is 35.5. The molecule has 1 aromatic carbocycles. The van der Waals surface area contributed by atoms with Crippen molar-refractivity contribution in [1.82, 2.24) is 10.3 Å². The molecule has 1 aliphatic heterocycles. The maximum atomic E-state index is 12.2. The van der Waals surface area contributed by atoms with E-state index in [-0.39, 0.29) is 30.3 Å². The number of carbonyl (C=O) groups is 2. The molecule has 1 atom stereocenters. The minimum atomic E-state index is -0.211. The Morgan fingerprint density at radius 1 is 1.40 bits per heavy atom. The van der Waals surface area contributed by atoms with Crippen molar-refractivity contribution in [1.29, 1.82) is 0 Å². The molecule has 134 valence electrons. The molecule has 2 heterocycles. The van der Waals surface area contributed by atoms with Crippen LogP contribution in [0.1, 0.15) is 46.9 Å². The van der Waals surface area contributed by atoms with E-state index in [2.05, 4.69) is 10.3 Å². The van der Waals surface area contributed by atoms with Crippen molar-refractivity contribution in [2.45, 2.75) is 32.4 Å². The zero-order chi connectivity index (χ0) is 17.1. The number of amides is 2. The van der Waals surface area contributed by atoms with Crippen molar-refractivity contribution in [3.63, 3.8) is 0 Å². The highest BCUT2D eigenvalue weighted by Crippen LogP contribution is 2.23. The Bertz CT molecular complexity index is 747. The topological polar surface area (TPSA) is 88.3 Å². The van der Waals surface area contributed by atoms with Gasteiger partial charge in [-0.2, -0.15) is 0 Å². The molecular weight excluding hydrogens is 360 g/mol. The Morgan fingerprint density at radius 3 is 2.68 bits per heavy atom. The zero-order valence-corrected chi connectivity index (χ0v) is 15.5. The number of hydrogen-bond donors (Lipinski definition) is 2. The van der Waals surface area contributed by atoms with Gasteiger partial charge in [-0.3, -0.25) is 9.59 Å². The number of thiazole rings is 1. The van der Waals surface area contributed by atoms with Crippen LogP contribution in [0.25, 0.3) is 0 Å². The summed E-state index contributed by atoms with van der Waals surface area (Å²) in [6.45, 7) is 3.03. The monoisotopic (exact) mass is 380 g/mol. The predicted molar refractivity (Wildman–Crippen MR) is 101 cm³/mol. The van der Waals surface area contributed by atoms with Crippen molar-refractivity contribution in [3.8, 4) is 0 Å². The fourth-order valence-corrected chi connectivity index (χ4v) is 3.38. The highest BCUT2D eigenvalue weighted by molar-refractivity contribution is 7.09. The lowest BCUT2D eigenvalue weighted by atomic mass is 10.1. The van der Waals surface area contributed by atoms with E-state index >= 15 is 0 Å². The third kappa shape index (κ3) is 4.36. The summed E-state index contributed by atoms with van der Waals surface area (Å²) in [4.78, 5) is 30.0. The van der Waals surface area contributed by atoms with Crippen LogP contribution in [0.3, 0.4) is 0 Å². The molecule has 3 rings (SSSR count). The van der Waals surface area contributed by atoms with Gasteiger partial charge in [-0.05, 0) is 31.0 Å². The quantitative estimate of drug-likeness (QED) is 0.834. The van der Waals surface area contributed by atoms with E-state index in [4.69, 9.17) is 5.73 Å². The second-order valence-electron chi connectivity index (χ2n) is 5.77. The molecule has 6 nitrogen and oxygen atoms in total. The molecule has 0 bridgehead atoms. The predicted octanol–water partition coefficient (Wildman–Crippen LogP) is 2.64. The molecule has 2 amide bonds. The van der Waals surface area contributed by atoms with Crippen LogP contribution in [-0.4, -0.2) is 23.3 Å². The fourth-order valence-electron chi connectivity index (χ4n) is 2.73. The number of benzene rings is 1. The van der Waals surface area contributed by atoms with Crippen LogP contribution in [0.15, 0.2) is 29.6 Å². The number of aromatic nitrogens is 1. The second-order valence-corrected chi connectivity index (χ2v) is 6.71. The first-order valence-corrected chi connectivity index (χ1v) is 8.82. The van der Waals surface area contributed by atoms with E-state index in [1.165, 1.54) is 11.3 Å². The molecule has 1 aliphatic rings. The standard InChI is InChI=1S/C17H20N4O2S.ClH/c1-11(19-17(23)14-10-24-15(9-18)20-14)12-4-6-13(7-5-12)21-8-2-3-16(21)22;/h4-7,10-11H,2-3,8-9,18H2,1H3,(H,19,23);1H. The molecule has 2 aromatic rings. The van der Waals surface area contributed by atoms with E-state index < -0.39 is 0 Å². The zero-order valence-electron chi connectivity index (χ0n) is 13.9. The lowest BCUT2D eigenvalue weighted by molar-refractivity contribution is -0.117. The summed E-state index contributed by atoms with van der Waals surface area (Å²) in [5, 5.41) is 5.39. The van der Waals surface area contributed by atoms with E-state index in [9.17, 15) is 9.59 Å². The summed E-state index contributed by atoms with van der Waals surface area (Å²) in [6, 6.07) is 7.59. The molecule has 0 radical (unpaired) electrons. The van der Waals surface area contributed by atoms with Gasteiger partial charge in [-0.1, -0.05) is 12.1 Å². The lowest BCUT2D eigenvalue weighted by Gasteiger charge is -2.18. The minimum Gasteiger partial charge on any atom is -0.344 e. The average molecular weight is 381 g/mol. The molecule has 1 aromatic heterocycles. The summed E-state index contributed by atoms with van der Waals surface area (Å²) >= 11 is 1.38. The largest absolute Gasteiger partial charge is 0.344 e. The van der Waals surface area contributed by atoms with Crippen LogP contribution in [0, 0.1) is 0 Å². The van der Waals surface area contributed by atoms with Crippen molar-refractivity contribution >= 4 is 41.2 Å². The first-order valence-electron chi connectivity index (χ1n) is 7.94. The normalized spacial score (nSPS) is 15.0. The molecule has 0 saturated carbocycles. The Morgan fingerprint density at radius 2 is 2.12 bits per heavy atom. The second kappa shape index (κ2) is 8.42. The maximum absolute atomic E-state index is 12.2. The van der Waals surface area contributed by atoms with E-state index in [0.29, 0.717) is 18.7 Å². The summed E-state index contributed by atoms with van der Waals surface area (Å²) in [5.41, 5.74) is 7.80. The third-order valence-corrected chi connectivity index (χ3v) is 4.96. The van der Waals surface area contributed by atoms with Crippen LogP contribution in [-0.2, 0) is 11.3 Å². The van der Waals surface area contributed by atoms with Gasteiger partial charge in [0.05, 0.1) is 6.04 Å². The van der Waals surface area contributed by atoms with E-state index in [1.54, 1.807) is 10.3 Å². The average Bonchev–Trinajstić information content (AvgIpc) is 3.23. The Kier molecular flexibility index (Phi) is 6.52. The van der Waals surface area contributed by atoms with Gasteiger partial charge in [-0.25, -0.2) is 4.98 Å². The van der Waals surface area contributed by atoms with Gasteiger partial charge in [0.1, 0.15) is 10.7 Å². The van der Waals surface area contributed by atoms with Gasteiger partial charge >= 0.3 is 0 Å². The van der Waals surface area contributed by atoms with Gasteiger partial charge < -0.3 is 16.0 Å². The number of nitrogens with zero attached hydrogens (tertiary/aromatic N) is 2. The SMILES string of the molecule is CC(NC(=O)c1csc(CN)n1)c1ccc(N2CCCC2=O)cc1.Cl. The number of halogens is 1. The lowest BCUT2D eigenvalue weighted by Crippen LogP contribution is -2.27. The molecule has 0 spiro atoms. The molecule has 25 heavy (non-hydrogen) atoms. The molecule has 0 aliphatic carbocycles. The van der Waals surface area contributed by atoms with Gasteiger partial charge in [0, 0.05) is 30.6 Å². The highest BCUT2D eigenvalue weighted by Gasteiger charge is 2.22. The van der Waals surface area contributed by atoms with Gasteiger partial charge in [0.15, 0.2) is 0 Å². The fraction of sp³-hybridized carbons (Fsp3) is 0.353. The summed E-state index contributed by atoms with van der Waals surface area (Å²) in [5.74, 6) is -0.0411. The van der Waals surface area contributed by atoms with Crippen LogP contribution >= 0.6 is 23.7 Å². The van der Waals surface area contributed by atoms with Crippen LogP contribution in [0.4, 0.5) is 5.69 Å². The first kappa shape index (κ1) is 19.4. The van der Waals surface area contributed by atoms with E-state index in [0.717, 1.165) is 29.2 Å². The van der Waals surface area contributed by atoms with Gasteiger partial charge in [0.2, 0.25) is 5.91 Å². The van der Waals surface area contributed by atoms with Gasteiger partial charge in [-0.15, -0.1) is 23.7 Å². The van der Waals surface area contributed by atoms with Crippen molar-refractivity contribution < 1.29 is 9.59 Å². The number of hydrogen-bond acceptors (Lipinski definition) is 5. The summed E-state index contributed by atoms with van der Waals surface area (Å²) < 4.78 is 0. The van der Waals surface area contributed by atoms with Crippen LogP contribution in [0.5, 0.6) is 0 Å². The van der Waals surface area contributed by atoms with Crippen LogP contribution < -0.4 is 16.0 Å². The number of carbonyl (C=O) groups excluding carboxylic acids is 2. The summed E-state index contributed by atoms with van der Waals surface area (Å²) in [6.07, 6.45) is 1.53. The van der Waals surface area contributed by atoms with Crippen molar-refractivity contribution in [2.24, 2.45) is 5.73 Å². The van der Waals surface area contributed by atoms with Gasteiger partial charge in [0.25, 0.3) is 5.91 Å².